The second-order valence-electron chi connectivity index (χ2n) is 15.4. The van der Waals surface area contributed by atoms with E-state index in [0.717, 1.165) is 69.2 Å². The van der Waals surface area contributed by atoms with Crippen molar-refractivity contribution >= 4 is 11.9 Å². The fraction of sp³-hybridized carbons (Fsp3) is 0.941. The summed E-state index contributed by atoms with van der Waals surface area (Å²) in [5.41, 5.74) is 1.20. The quantitative estimate of drug-likeness (QED) is 0.296. The SMILES string of the molecule is CC1CCCC2(C)C1CCC1(C)C2CCC2C3CCCC3(C(=O)NCCCCCCCC(=O)O)CC[C@]21C. The van der Waals surface area contributed by atoms with Crippen LogP contribution in [0.15, 0.2) is 0 Å². The molecule has 5 aliphatic carbocycles. The summed E-state index contributed by atoms with van der Waals surface area (Å²) in [6.07, 6.45) is 21.0. The first-order valence-electron chi connectivity index (χ1n) is 16.6. The maximum absolute atomic E-state index is 13.9. The van der Waals surface area contributed by atoms with Gasteiger partial charge in [-0.3, -0.25) is 9.59 Å². The molecule has 38 heavy (non-hydrogen) atoms. The van der Waals surface area contributed by atoms with Crippen LogP contribution in [0.1, 0.15) is 143 Å². The molecule has 0 saturated heterocycles. The number of aliphatic carboxylic acids is 1. The lowest BCUT2D eigenvalue weighted by Crippen LogP contribution is -2.65. The highest BCUT2D eigenvalue weighted by Crippen LogP contribution is 2.75. The Bertz CT molecular complexity index is 887. The summed E-state index contributed by atoms with van der Waals surface area (Å²) in [5.74, 6) is 3.64. The Morgan fingerprint density at radius 1 is 0.737 bits per heavy atom. The highest BCUT2D eigenvalue weighted by molar-refractivity contribution is 5.83. The average Bonchev–Trinajstić information content (AvgIpc) is 3.31. The molecule has 0 aromatic carbocycles. The van der Waals surface area contributed by atoms with Crippen molar-refractivity contribution in [2.45, 2.75) is 143 Å². The lowest BCUT2D eigenvalue weighted by Gasteiger charge is -2.71. The Morgan fingerprint density at radius 3 is 2.26 bits per heavy atom. The van der Waals surface area contributed by atoms with Crippen LogP contribution < -0.4 is 5.32 Å². The van der Waals surface area contributed by atoms with Gasteiger partial charge in [-0.2, -0.15) is 0 Å². The second kappa shape index (κ2) is 10.7. The van der Waals surface area contributed by atoms with E-state index < -0.39 is 5.97 Å². The smallest absolute Gasteiger partial charge is 0.303 e. The Balaban J connectivity index is 1.24. The van der Waals surface area contributed by atoms with Crippen molar-refractivity contribution in [2.75, 3.05) is 6.54 Å². The van der Waals surface area contributed by atoms with Gasteiger partial charge >= 0.3 is 5.97 Å². The first-order chi connectivity index (χ1) is 18.1. The molecular formula is C34H57NO3. The summed E-state index contributed by atoms with van der Waals surface area (Å²) in [5, 5.41) is 12.2. The third-order valence-electron chi connectivity index (χ3n) is 14.1. The van der Waals surface area contributed by atoms with Crippen molar-refractivity contribution in [3.63, 3.8) is 0 Å². The van der Waals surface area contributed by atoms with Crippen LogP contribution >= 0.6 is 0 Å². The normalized spacial score (nSPS) is 45.8. The van der Waals surface area contributed by atoms with Crippen LogP contribution in [0.3, 0.4) is 0 Å². The molecule has 8 unspecified atom stereocenters. The summed E-state index contributed by atoms with van der Waals surface area (Å²) < 4.78 is 0. The summed E-state index contributed by atoms with van der Waals surface area (Å²) >= 11 is 0. The van der Waals surface area contributed by atoms with Crippen molar-refractivity contribution in [1.82, 2.24) is 5.32 Å². The predicted molar refractivity (Wildman–Crippen MR) is 154 cm³/mol. The molecule has 0 aliphatic heterocycles. The van der Waals surface area contributed by atoms with Crippen molar-refractivity contribution in [1.29, 1.82) is 0 Å². The molecular weight excluding hydrogens is 470 g/mol. The number of carbonyl (C=O) groups is 2. The zero-order valence-electron chi connectivity index (χ0n) is 25.1. The van der Waals surface area contributed by atoms with Crippen molar-refractivity contribution in [2.24, 2.45) is 51.2 Å². The highest BCUT2D eigenvalue weighted by Gasteiger charge is 2.69. The summed E-state index contributed by atoms with van der Waals surface area (Å²) in [7, 11) is 0. The molecule has 0 aromatic rings. The molecule has 0 heterocycles. The number of amides is 1. The highest BCUT2D eigenvalue weighted by atomic mass is 16.4. The molecule has 5 rings (SSSR count). The van der Waals surface area contributed by atoms with E-state index in [1.165, 1.54) is 64.2 Å². The minimum atomic E-state index is -0.695. The zero-order valence-corrected chi connectivity index (χ0v) is 25.1. The Morgan fingerprint density at radius 2 is 1.47 bits per heavy atom. The van der Waals surface area contributed by atoms with Crippen LogP contribution in [0, 0.1) is 51.2 Å². The Kier molecular flexibility index (Phi) is 8.04. The van der Waals surface area contributed by atoms with Gasteiger partial charge in [0.2, 0.25) is 5.91 Å². The van der Waals surface area contributed by atoms with Crippen LogP contribution in [0.2, 0.25) is 0 Å². The van der Waals surface area contributed by atoms with Crippen LogP contribution in [0.5, 0.6) is 0 Å². The maximum atomic E-state index is 13.9. The minimum Gasteiger partial charge on any atom is -0.481 e. The van der Waals surface area contributed by atoms with Gasteiger partial charge in [0.25, 0.3) is 0 Å². The van der Waals surface area contributed by atoms with Gasteiger partial charge in [-0.15, -0.1) is 0 Å². The van der Waals surface area contributed by atoms with Crippen LogP contribution in [0.25, 0.3) is 0 Å². The number of carboxylic acid groups (broad SMARTS) is 1. The van der Waals surface area contributed by atoms with E-state index in [1.54, 1.807) is 0 Å². The first-order valence-corrected chi connectivity index (χ1v) is 16.6. The number of fused-ring (bicyclic) bond motifs is 7. The minimum absolute atomic E-state index is 0.116. The average molecular weight is 528 g/mol. The predicted octanol–water partition coefficient (Wildman–Crippen LogP) is 8.38. The van der Waals surface area contributed by atoms with E-state index in [4.69, 9.17) is 5.11 Å². The standard InChI is InChI=1S/C34H57NO3/c1-24-12-10-18-31(2)25(24)17-20-33(4)28(31)16-15-26-27-13-11-19-34(27,22-21-32(26,33)3)30(38)35-23-9-7-5-6-8-14-29(36)37/h24-28H,5-23H2,1-4H3,(H,35,38)(H,36,37)/t24?,25?,26?,27?,28?,31?,32-,33?,34?/m1/s1. The molecule has 4 nitrogen and oxygen atoms in total. The fourth-order valence-electron chi connectivity index (χ4n) is 12.0. The van der Waals surface area contributed by atoms with E-state index in [9.17, 15) is 9.59 Å². The van der Waals surface area contributed by atoms with Gasteiger partial charge in [-0.05, 0) is 116 Å². The van der Waals surface area contributed by atoms with Crippen LogP contribution in [-0.2, 0) is 9.59 Å². The van der Waals surface area contributed by atoms with Gasteiger partial charge in [0.05, 0.1) is 5.41 Å². The lowest BCUT2D eigenvalue weighted by molar-refractivity contribution is -0.225. The maximum Gasteiger partial charge on any atom is 0.303 e. The van der Waals surface area contributed by atoms with Crippen molar-refractivity contribution in [3.05, 3.63) is 0 Å². The monoisotopic (exact) mass is 527 g/mol. The molecule has 0 spiro atoms. The summed E-state index contributed by atoms with van der Waals surface area (Å²) in [6, 6.07) is 0. The van der Waals surface area contributed by atoms with E-state index in [0.29, 0.717) is 34.0 Å². The molecule has 216 valence electrons. The second-order valence-corrected chi connectivity index (χ2v) is 15.4. The summed E-state index contributed by atoms with van der Waals surface area (Å²) in [6.45, 7) is 11.4. The molecule has 0 bridgehead atoms. The topological polar surface area (TPSA) is 66.4 Å². The molecule has 1 amide bonds. The van der Waals surface area contributed by atoms with Gasteiger partial charge in [0.15, 0.2) is 0 Å². The molecule has 2 N–H and O–H groups in total. The number of carboxylic acids is 1. The molecule has 5 fully saturated rings. The molecule has 0 radical (unpaired) electrons. The Hall–Kier alpha value is -1.06. The number of nitrogens with one attached hydrogen (secondary N) is 1. The first kappa shape index (κ1) is 28.5. The van der Waals surface area contributed by atoms with Gasteiger partial charge in [0.1, 0.15) is 0 Å². The van der Waals surface area contributed by atoms with Crippen molar-refractivity contribution < 1.29 is 14.7 Å². The number of carbonyl (C=O) groups excluding carboxylic acids is 1. The van der Waals surface area contributed by atoms with Crippen molar-refractivity contribution in [3.8, 4) is 0 Å². The fourth-order valence-corrected chi connectivity index (χ4v) is 12.0. The zero-order chi connectivity index (χ0) is 27.2. The van der Waals surface area contributed by atoms with E-state index >= 15 is 0 Å². The van der Waals surface area contributed by atoms with E-state index in [2.05, 4.69) is 33.0 Å². The van der Waals surface area contributed by atoms with Gasteiger partial charge in [-0.1, -0.05) is 66.2 Å². The number of hydrogen-bond acceptors (Lipinski definition) is 2. The third-order valence-corrected chi connectivity index (χ3v) is 14.1. The van der Waals surface area contributed by atoms with Gasteiger partial charge in [0, 0.05) is 13.0 Å². The van der Waals surface area contributed by atoms with E-state index in [-0.39, 0.29) is 11.8 Å². The molecule has 5 aliphatic rings. The number of rotatable bonds is 9. The molecule has 4 heteroatoms. The van der Waals surface area contributed by atoms with E-state index in [1.807, 2.05) is 0 Å². The lowest BCUT2D eigenvalue weighted by atomic mass is 9.33. The molecule has 9 atom stereocenters. The number of hydrogen-bond donors (Lipinski definition) is 2. The third kappa shape index (κ3) is 4.47. The van der Waals surface area contributed by atoms with Gasteiger partial charge in [-0.25, -0.2) is 0 Å². The van der Waals surface area contributed by atoms with Crippen LogP contribution in [-0.4, -0.2) is 23.5 Å². The Labute approximate surface area is 232 Å². The number of unbranched alkanes of at least 4 members (excludes halogenated alkanes) is 4. The van der Waals surface area contributed by atoms with Crippen LogP contribution in [0.4, 0.5) is 0 Å². The molecule has 0 aromatic heterocycles. The molecule has 5 saturated carbocycles. The van der Waals surface area contributed by atoms with Gasteiger partial charge < -0.3 is 10.4 Å². The summed E-state index contributed by atoms with van der Waals surface area (Å²) in [4.78, 5) is 24.5. The largest absolute Gasteiger partial charge is 0.481 e.